The molecule has 2 aliphatic heterocycles. The van der Waals surface area contributed by atoms with Gasteiger partial charge in [-0.15, -0.1) is 12.4 Å². The van der Waals surface area contributed by atoms with E-state index < -0.39 is 23.5 Å². The topological polar surface area (TPSA) is 192 Å². The van der Waals surface area contributed by atoms with Crippen LogP contribution in [-0.4, -0.2) is 149 Å². The van der Waals surface area contributed by atoms with Gasteiger partial charge in [0, 0.05) is 37.3 Å². The highest BCUT2D eigenvalue weighted by molar-refractivity contribution is 5.91. The molecule has 0 aromatic carbocycles. The van der Waals surface area contributed by atoms with E-state index in [1.54, 1.807) is 63.7 Å². The summed E-state index contributed by atoms with van der Waals surface area (Å²) in [4.78, 5) is 82.7. The molecule has 0 aliphatic carbocycles. The molecule has 420 valence electrons. The predicted molar refractivity (Wildman–Crippen MR) is 295 cm³/mol. The Morgan fingerprint density at radius 1 is 0.625 bits per heavy atom. The van der Waals surface area contributed by atoms with E-state index in [1.165, 1.54) is 0 Å². The van der Waals surface area contributed by atoms with E-state index in [2.05, 4.69) is 56.7 Å². The lowest BCUT2D eigenvalue weighted by Crippen LogP contribution is -2.61. The Balaban J connectivity index is 0. The first-order valence-electron chi connectivity index (χ1n) is 26.6. The zero-order valence-corrected chi connectivity index (χ0v) is 50.0. The maximum atomic E-state index is 13.8. The van der Waals surface area contributed by atoms with Gasteiger partial charge in [0.2, 0.25) is 17.7 Å². The number of carbonyl (C=O) groups is 6. The molecular weight excluding hydrogens is 936 g/mol. The van der Waals surface area contributed by atoms with Gasteiger partial charge in [0.25, 0.3) is 0 Å². The van der Waals surface area contributed by atoms with Crippen molar-refractivity contribution in [3.63, 3.8) is 0 Å². The molecule has 8 atom stereocenters. The number of ether oxygens (including phenoxy) is 2. The van der Waals surface area contributed by atoms with Crippen LogP contribution >= 0.6 is 12.4 Å². The van der Waals surface area contributed by atoms with Crippen molar-refractivity contribution in [3.05, 3.63) is 23.3 Å². The number of esters is 2. The van der Waals surface area contributed by atoms with Gasteiger partial charge in [0.05, 0.1) is 37.4 Å². The van der Waals surface area contributed by atoms with E-state index in [-0.39, 0.29) is 83.5 Å². The smallest absolute Gasteiger partial charge is 0.333 e. The third kappa shape index (κ3) is 22.5. The fraction of sp³-hybridized carbons (Fsp3) is 0.821. The van der Waals surface area contributed by atoms with Crippen LogP contribution in [0.5, 0.6) is 0 Å². The highest BCUT2D eigenvalue weighted by Gasteiger charge is 2.41. The molecule has 4 N–H and O–H groups in total. The lowest BCUT2D eigenvalue weighted by molar-refractivity contribution is -0.146. The van der Waals surface area contributed by atoms with Crippen molar-refractivity contribution in [2.24, 2.45) is 40.2 Å². The van der Waals surface area contributed by atoms with E-state index in [1.807, 2.05) is 69.2 Å². The number of halogens is 1. The van der Waals surface area contributed by atoms with Gasteiger partial charge in [-0.05, 0) is 115 Å². The first-order valence-corrected chi connectivity index (χ1v) is 26.6. The van der Waals surface area contributed by atoms with Crippen molar-refractivity contribution in [3.8, 4) is 0 Å². The Morgan fingerprint density at radius 2 is 0.986 bits per heavy atom. The number of nitrogens with one attached hydrogen (secondary N) is 1. The Morgan fingerprint density at radius 3 is 1.31 bits per heavy atom. The minimum Gasteiger partial charge on any atom is -0.480 e. The third-order valence-electron chi connectivity index (χ3n) is 14.2. The third-order valence-corrected chi connectivity index (χ3v) is 14.2. The van der Waals surface area contributed by atoms with Crippen LogP contribution in [0.15, 0.2) is 23.3 Å². The highest BCUT2D eigenvalue weighted by Crippen LogP contribution is 2.28. The largest absolute Gasteiger partial charge is 0.480 e. The van der Waals surface area contributed by atoms with Crippen LogP contribution in [-0.2, 0) is 38.2 Å². The van der Waals surface area contributed by atoms with Gasteiger partial charge in [0.15, 0.2) is 0 Å². The fourth-order valence-corrected chi connectivity index (χ4v) is 8.81. The molecule has 0 aromatic rings. The fourth-order valence-electron chi connectivity index (χ4n) is 8.81. The average Bonchev–Trinajstić information content (AvgIpc) is 3.29. The molecule has 2 rings (SSSR count). The summed E-state index contributed by atoms with van der Waals surface area (Å²) in [6, 6.07) is -1.59. The van der Waals surface area contributed by atoms with Gasteiger partial charge >= 0.3 is 17.9 Å². The number of rotatable bonds is 19. The molecule has 2 heterocycles. The van der Waals surface area contributed by atoms with E-state index in [0.717, 1.165) is 51.6 Å². The summed E-state index contributed by atoms with van der Waals surface area (Å²) < 4.78 is 10.1. The summed E-state index contributed by atoms with van der Waals surface area (Å²) >= 11 is 0. The van der Waals surface area contributed by atoms with Gasteiger partial charge in [0.1, 0.15) is 12.1 Å². The number of aliphatic carboxylic acids is 1. The van der Waals surface area contributed by atoms with Crippen molar-refractivity contribution in [2.75, 3.05) is 40.4 Å². The number of hydrogen-bond acceptors (Lipinski definition) is 11. The van der Waals surface area contributed by atoms with Crippen LogP contribution in [0.2, 0.25) is 0 Å². The van der Waals surface area contributed by atoms with Crippen LogP contribution in [0.3, 0.4) is 0 Å². The van der Waals surface area contributed by atoms with Crippen LogP contribution in [0, 0.1) is 34.5 Å². The molecule has 72 heavy (non-hydrogen) atoms. The Hall–Kier alpha value is -3.53. The first kappa shape index (κ1) is 70.5. The first-order chi connectivity index (χ1) is 32.6. The maximum absolute atomic E-state index is 13.8. The summed E-state index contributed by atoms with van der Waals surface area (Å²) in [5.74, 6) is -0.543. The van der Waals surface area contributed by atoms with Gasteiger partial charge in [-0.1, -0.05) is 122 Å². The van der Waals surface area contributed by atoms with Crippen molar-refractivity contribution in [1.29, 1.82) is 0 Å². The molecule has 16 heteroatoms. The van der Waals surface area contributed by atoms with Gasteiger partial charge in [-0.25, -0.2) is 9.59 Å². The summed E-state index contributed by atoms with van der Waals surface area (Å²) in [5, 5.41) is 12.2. The number of nitrogens with two attached hydrogens (primary N) is 1. The summed E-state index contributed by atoms with van der Waals surface area (Å²) in [7, 11) is 3.48. The zero-order valence-electron chi connectivity index (χ0n) is 49.1. The second-order valence-corrected chi connectivity index (χ2v) is 23.5. The van der Waals surface area contributed by atoms with Crippen LogP contribution < -0.4 is 11.1 Å². The molecule has 2 aliphatic rings. The molecule has 0 spiro atoms. The quantitative estimate of drug-likeness (QED) is 0.0823. The van der Waals surface area contributed by atoms with Crippen molar-refractivity contribution in [2.45, 2.75) is 225 Å². The summed E-state index contributed by atoms with van der Waals surface area (Å²) in [5.41, 5.74) is 6.25. The SMILES string of the molecule is CC(C)C(C)N1CCCC[C@@H]1C(=O)O.CCOC(=O)/C(C)=C/[C@H](C(C)C)N(C)C(=O)[C@@H](N)C(C)(C)C.CCOC(=O)/C(C)=C/[C@H](C(C)C)N(C)C(=O)[C@@H](NC(=O)[C@H]1CCCCN1C(C)C(C)C)C(C)(C)C.Cl. The normalized spacial score (nSPS) is 19.8. The number of likely N-dealkylation sites (N-methyl/N-ethyl adjacent to an activating group) is 2. The molecule has 0 aromatic heterocycles. The number of carboxylic acids is 1. The second kappa shape index (κ2) is 32.7. The maximum Gasteiger partial charge on any atom is 0.333 e. The van der Waals surface area contributed by atoms with Crippen LogP contribution in [0.4, 0.5) is 0 Å². The molecule has 3 amide bonds. The van der Waals surface area contributed by atoms with E-state index in [4.69, 9.17) is 20.3 Å². The summed E-state index contributed by atoms with van der Waals surface area (Å²) in [6.07, 6.45) is 9.50. The van der Waals surface area contributed by atoms with Crippen LogP contribution in [0.25, 0.3) is 0 Å². The van der Waals surface area contributed by atoms with E-state index in [9.17, 15) is 28.8 Å². The van der Waals surface area contributed by atoms with Crippen LogP contribution in [0.1, 0.15) is 177 Å². The summed E-state index contributed by atoms with van der Waals surface area (Å²) in [6.45, 7) is 42.2. The number of amides is 3. The molecule has 2 fully saturated rings. The number of carboxylic acid groups (broad SMARTS) is 1. The predicted octanol–water partition coefficient (Wildman–Crippen LogP) is 9.15. The Labute approximate surface area is 444 Å². The van der Waals surface area contributed by atoms with Gasteiger partial charge in [-0.2, -0.15) is 0 Å². The Bertz CT molecular complexity index is 1750. The molecule has 0 radical (unpaired) electrons. The average molecular weight is 1040 g/mol. The number of piperidine rings is 2. The molecule has 0 saturated carbocycles. The lowest BCUT2D eigenvalue weighted by atomic mass is 9.84. The second-order valence-electron chi connectivity index (χ2n) is 23.5. The van der Waals surface area contributed by atoms with E-state index in [0.29, 0.717) is 48.3 Å². The van der Waals surface area contributed by atoms with Crippen molar-refractivity contribution >= 4 is 48.0 Å². The monoisotopic (exact) mass is 1040 g/mol. The highest BCUT2D eigenvalue weighted by atomic mass is 35.5. The lowest BCUT2D eigenvalue weighted by Gasteiger charge is -2.42. The number of nitrogens with zero attached hydrogens (tertiary/aromatic N) is 4. The minimum atomic E-state index is -0.685. The van der Waals surface area contributed by atoms with Crippen molar-refractivity contribution < 1.29 is 43.3 Å². The number of carbonyl (C=O) groups excluding carboxylic acids is 5. The molecule has 15 nitrogen and oxygen atoms in total. The van der Waals surface area contributed by atoms with Gasteiger partial charge < -0.3 is 35.4 Å². The van der Waals surface area contributed by atoms with E-state index >= 15 is 0 Å². The van der Waals surface area contributed by atoms with Crippen molar-refractivity contribution in [1.82, 2.24) is 24.9 Å². The molecule has 2 saturated heterocycles. The number of likely N-dealkylation sites (tertiary alicyclic amines) is 2. The standard InChI is InChI=1S/C28H51N3O4.C17H32N2O3.C11H21NO2.ClH/c1-12-35-27(34)20(6)17-23(19(4)5)30(11)26(33)24(28(8,9)10)29-25(32)22-15-13-14-16-31(22)21(7)18(2)3;1-9-22-16(21)12(4)10-13(11(2)3)19(8)15(20)14(18)17(5,6)7;1-8(2)9(3)12-7-5-4-6-10(12)11(13)14;/h17-19,21-24H,12-16H2,1-11H3,(H,29,32);10-11,13-14H,9,18H2,1-8H3;8-10H,4-7H2,1-3H3,(H,13,14);1H/b20-17+;12-10+;;/t21?,22-,23-,24-;13-,14-;9?,10-;/m111./s1. The molecular formula is C56H105ClN6O9. The Kier molecular flexibility index (Phi) is 32.0. The minimum absolute atomic E-state index is 0. The molecule has 0 bridgehead atoms. The zero-order chi connectivity index (χ0) is 55.5. The molecule has 2 unspecified atom stereocenters. The van der Waals surface area contributed by atoms with Gasteiger partial charge in [-0.3, -0.25) is 29.0 Å². The number of hydrogen-bond donors (Lipinski definition) is 3.